The van der Waals surface area contributed by atoms with Gasteiger partial charge in [0.25, 0.3) is 0 Å². The van der Waals surface area contributed by atoms with Crippen LogP contribution in [0.25, 0.3) is 0 Å². The lowest BCUT2D eigenvalue weighted by Crippen LogP contribution is -2.31. The van der Waals surface area contributed by atoms with E-state index < -0.39 is 15.3 Å². The molecule has 0 aliphatic carbocycles. The third kappa shape index (κ3) is 2.48. The van der Waals surface area contributed by atoms with E-state index in [1.165, 1.54) is 16.2 Å². The average molecular weight is 318 g/mol. The third-order valence-corrected chi connectivity index (χ3v) is 5.53. The molecule has 1 amide bonds. The van der Waals surface area contributed by atoms with Gasteiger partial charge in [-0.25, -0.2) is 13.6 Å². The quantitative estimate of drug-likeness (QED) is 0.839. The van der Waals surface area contributed by atoms with Gasteiger partial charge in [0.2, 0.25) is 15.9 Å². The lowest BCUT2D eigenvalue weighted by molar-refractivity contribution is -0.128. The van der Waals surface area contributed by atoms with Crippen LogP contribution in [0.5, 0.6) is 11.5 Å². The van der Waals surface area contributed by atoms with Crippen molar-refractivity contribution in [1.29, 1.82) is 0 Å². The van der Waals surface area contributed by atoms with Crippen molar-refractivity contribution in [2.45, 2.75) is 18.2 Å². The van der Waals surface area contributed by atoms with E-state index >= 15 is 0 Å². The lowest BCUT2D eigenvalue weighted by Gasteiger charge is -2.19. The number of carbonyl (C=O) groups is 1. The van der Waals surface area contributed by atoms with Gasteiger partial charge in [0.1, 0.15) is 18.5 Å². The molecular formula is C11H14N2O5S2. The first-order valence-electron chi connectivity index (χ1n) is 6.10. The van der Waals surface area contributed by atoms with Gasteiger partial charge < -0.3 is 14.4 Å². The molecule has 0 bridgehead atoms. The Labute approximate surface area is 120 Å². The Morgan fingerprint density at radius 3 is 2.85 bits per heavy atom. The van der Waals surface area contributed by atoms with Gasteiger partial charge >= 0.3 is 0 Å². The number of nitrogens with zero attached hydrogens (tertiary/aromatic N) is 1. The number of rotatable bonds is 3. The summed E-state index contributed by atoms with van der Waals surface area (Å²) in [6.07, 6.45) is -0.0518. The number of ether oxygens (including phenoxy) is 2. The minimum atomic E-state index is -3.68. The fourth-order valence-corrected chi connectivity index (χ4v) is 3.99. The van der Waals surface area contributed by atoms with Crippen LogP contribution in [-0.4, -0.2) is 44.2 Å². The van der Waals surface area contributed by atoms with Crippen molar-refractivity contribution in [3.05, 3.63) is 10.3 Å². The molecule has 0 aromatic carbocycles. The third-order valence-electron chi connectivity index (χ3n) is 3.35. The maximum Gasteiger partial charge on any atom is 0.224 e. The Morgan fingerprint density at radius 2 is 2.15 bits per heavy atom. The Morgan fingerprint density at radius 1 is 1.40 bits per heavy atom. The maximum absolute atomic E-state index is 11.9. The highest BCUT2D eigenvalue weighted by Crippen LogP contribution is 2.40. The second-order valence-electron chi connectivity index (χ2n) is 4.74. The van der Waals surface area contributed by atoms with E-state index in [1.807, 2.05) is 5.38 Å². The fraction of sp³-hybridized carbons (Fsp3) is 0.545. The molecule has 0 saturated carbocycles. The van der Waals surface area contributed by atoms with E-state index in [0.717, 1.165) is 4.88 Å². The predicted octanol–water partition coefficient (Wildman–Crippen LogP) is -0.0913. The van der Waals surface area contributed by atoms with Gasteiger partial charge in [0.05, 0.1) is 11.4 Å². The van der Waals surface area contributed by atoms with Gasteiger partial charge in [0, 0.05) is 18.3 Å². The highest BCUT2D eigenvalue weighted by molar-refractivity contribution is 7.89. The van der Waals surface area contributed by atoms with Crippen LogP contribution in [0.4, 0.5) is 0 Å². The second kappa shape index (κ2) is 4.90. The van der Waals surface area contributed by atoms with E-state index in [-0.39, 0.29) is 18.9 Å². The van der Waals surface area contributed by atoms with Crippen molar-refractivity contribution in [3.8, 4) is 11.5 Å². The van der Waals surface area contributed by atoms with Crippen molar-refractivity contribution in [2.24, 2.45) is 5.14 Å². The van der Waals surface area contributed by atoms with Gasteiger partial charge in [-0.05, 0) is 0 Å². The molecule has 1 saturated heterocycles. The number of sulfonamides is 1. The second-order valence-corrected chi connectivity index (χ2v) is 7.55. The van der Waals surface area contributed by atoms with Crippen LogP contribution in [0.3, 0.4) is 0 Å². The van der Waals surface area contributed by atoms with Gasteiger partial charge in [0.15, 0.2) is 11.5 Å². The monoisotopic (exact) mass is 318 g/mol. The molecule has 2 aliphatic rings. The number of carbonyl (C=O) groups excluding carboxylic acids is 1. The fourth-order valence-electron chi connectivity index (χ4n) is 2.31. The smallest absolute Gasteiger partial charge is 0.224 e. The molecule has 110 valence electrons. The Hall–Kier alpha value is -1.32. The summed E-state index contributed by atoms with van der Waals surface area (Å²) < 4.78 is 33.6. The molecule has 9 heteroatoms. The summed E-state index contributed by atoms with van der Waals surface area (Å²) in [5.74, 6) is 1.14. The summed E-state index contributed by atoms with van der Waals surface area (Å²) in [7, 11) is -3.68. The first-order valence-corrected chi connectivity index (χ1v) is 8.59. The number of fused-ring (bicyclic) bond motifs is 1. The maximum atomic E-state index is 11.9. The van der Waals surface area contributed by atoms with Crippen LogP contribution >= 0.6 is 11.3 Å². The number of hydrogen-bond acceptors (Lipinski definition) is 6. The van der Waals surface area contributed by atoms with E-state index in [9.17, 15) is 13.2 Å². The van der Waals surface area contributed by atoms with Crippen molar-refractivity contribution >= 4 is 27.3 Å². The lowest BCUT2D eigenvalue weighted by atomic mass is 10.3. The number of hydrogen-bond donors (Lipinski definition) is 1. The number of primary sulfonamides is 1. The van der Waals surface area contributed by atoms with E-state index in [4.69, 9.17) is 14.6 Å². The first kappa shape index (κ1) is 13.7. The van der Waals surface area contributed by atoms with Crippen molar-refractivity contribution in [3.63, 3.8) is 0 Å². The Balaban J connectivity index is 1.76. The molecule has 1 aromatic heterocycles. The molecular weight excluding hydrogens is 304 g/mol. The Bertz CT molecular complexity index is 639. The summed E-state index contributed by atoms with van der Waals surface area (Å²) in [4.78, 5) is 14.2. The van der Waals surface area contributed by atoms with Crippen LogP contribution in [0.2, 0.25) is 0 Å². The molecule has 0 radical (unpaired) electrons. The summed E-state index contributed by atoms with van der Waals surface area (Å²) in [5.41, 5.74) is 0. The molecule has 1 fully saturated rings. The highest BCUT2D eigenvalue weighted by atomic mass is 32.2. The number of thiophene rings is 1. The Kier molecular flexibility index (Phi) is 3.35. The zero-order valence-corrected chi connectivity index (χ0v) is 12.2. The zero-order chi connectivity index (χ0) is 14.3. The number of amides is 1. The van der Waals surface area contributed by atoms with Crippen molar-refractivity contribution < 1.29 is 22.7 Å². The van der Waals surface area contributed by atoms with Gasteiger partial charge in [-0.2, -0.15) is 0 Å². The summed E-state index contributed by atoms with van der Waals surface area (Å²) >= 11 is 1.44. The molecule has 2 aliphatic heterocycles. The SMILES string of the molecule is NS(=O)(=O)C1CC(=O)N(Cc2scc3c2OCCO3)C1. The van der Waals surface area contributed by atoms with Crippen LogP contribution in [0.15, 0.2) is 5.38 Å². The predicted molar refractivity (Wildman–Crippen MR) is 72.2 cm³/mol. The zero-order valence-electron chi connectivity index (χ0n) is 10.6. The molecule has 0 spiro atoms. The van der Waals surface area contributed by atoms with E-state index in [2.05, 4.69) is 0 Å². The largest absolute Gasteiger partial charge is 0.485 e. The standard InChI is InChI=1S/C11H14N2O5S2/c12-20(15,16)7-3-10(14)13(4-7)5-9-11-8(6-19-9)17-1-2-18-11/h6-7H,1-5H2,(H2,12,15,16). The van der Waals surface area contributed by atoms with Gasteiger partial charge in [-0.3, -0.25) is 4.79 Å². The van der Waals surface area contributed by atoms with Crippen LogP contribution in [0.1, 0.15) is 11.3 Å². The summed E-state index contributed by atoms with van der Waals surface area (Å²) in [6.45, 7) is 1.45. The number of likely N-dealkylation sites (tertiary alicyclic amines) is 1. The highest BCUT2D eigenvalue weighted by Gasteiger charge is 2.37. The first-order chi connectivity index (χ1) is 9.45. The molecule has 3 rings (SSSR count). The normalized spacial score (nSPS) is 22.4. The topological polar surface area (TPSA) is 98.9 Å². The minimum Gasteiger partial charge on any atom is -0.485 e. The van der Waals surface area contributed by atoms with Crippen LogP contribution in [-0.2, 0) is 21.4 Å². The molecule has 1 unspecified atom stereocenters. The molecule has 7 nitrogen and oxygen atoms in total. The van der Waals surface area contributed by atoms with Crippen molar-refractivity contribution in [1.82, 2.24) is 4.90 Å². The van der Waals surface area contributed by atoms with Crippen LogP contribution < -0.4 is 14.6 Å². The number of nitrogens with two attached hydrogens (primary N) is 1. The van der Waals surface area contributed by atoms with E-state index in [0.29, 0.717) is 31.3 Å². The molecule has 2 N–H and O–H groups in total. The average Bonchev–Trinajstić information content (AvgIpc) is 2.95. The van der Waals surface area contributed by atoms with Gasteiger partial charge in [-0.15, -0.1) is 11.3 Å². The van der Waals surface area contributed by atoms with Gasteiger partial charge in [-0.1, -0.05) is 0 Å². The summed E-state index contributed by atoms with van der Waals surface area (Å²) in [5, 5.41) is 6.12. The van der Waals surface area contributed by atoms with Crippen LogP contribution in [0, 0.1) is 0 Å². The van der Waals surface area contributed by atoms with Crippen molar-refractivity contribution in [2.75, 3.05) is 19.8 Å². The molecule has 3 heterocycles. The molecule has 1 atom stereocenters. The van der Waals surface area contributed by atoms with E-state index in [1.54, 1.807) is 0 Å². The molecule has 20 heavy (non-hydrogen) atoms. The minimum absolute atomic E-state index is 0.0518. The summed E-state index contributed by atoms with van der Waals surface area (Å²) in [6, 6.07) is 0. The molecule has 1 aromatic rings.